The van der Waals surface area contributed by atoms with Crippen molar-refractivity contribution in [3.63, 3.8) is 0 Å². The molecular weight excluding hydrogens is 334 g/mol. The first-order valence-corrected chi connectivity index (χ1v) is 8.98. The maximum Gasteiger partial charge on any atom is 0.183 e. The predicted octanol–water partition coefficient (Wildman–Crippen LogP) is 6.12. The molecular formula is C21H28ClNO2. The van der Waals surface area contributed by atoms with Gasteiger partial charge in [-0.25, -0.2) is 0 Å². The van der Waals surface area contributed by atoms with Gasteiger partial charge in [-0.1, -0.05) is 36.7 Å². The number of aryl methyl sites for hydroxylation is 2. The molecule has 1 N–H and O–H groups in total. The van der Waals surface area contributed by atoms with Crippen LogP contribution in [0.5, 0.6) is 0 Å². The number of ether oxygens (including phenoxy) is 2. The summed E-state index contributed by atoms with van der Waals surface area (Å²) in [5.41, 5.74) is 6.82. The highest BCUT2D eigenvalue weighted by atomic mass is 35.5. The second-order valence-electron chi connectivity index (χ2n) is 6.39. The van der Waals surface area contributed by atoms with Crippen LogP contribution >= 0.6 is 11.6 Å². The smallest absolute Gasteiger partial charge is 0.183 e. The van der Waals surface area contributed by atoms with E-state index in [1.807, 2.05) is 13.0 Å². The van der Waals surface area contributed by atoms with Gasteiger partial charge in [0.25, 0.3) is 0 Å². The molecule has 0 bridgehead atoms. The fraction of sp³-hybridized carbons (Fsp3) is 0.429. The average Bonchev–Trinajstić information content (AvgIpc) is 2.60. The summed E-state index contributed by atoms with van der Waals surface area (Å²) in [7, 11) is 3.33. The zero-order chi connectivity index (χ0) is 18.6. The van der Waals surface area contributed by atoms with Crippen molar-refractivity contribution >= 4 is 17.3 Å². The molecule has 0 spiro atoms. The number of halogens is 1. The Morgan fingerprint density at radius 1 is 1.00 bits per heavy atom. The van der Waals surface area contributed by atoms with E-state index in [0.29, 0.717) is 0 Å². The highest BCUT2D eigenvalue weighted by molar-refractivity contribution is 6.31. The molecule has 0 aromatic heterocycles. The number of hydrogen-bond donors (Lipinski definition) is 1. The summed E-state index contributed by atoms with van der Waals surface area (Å²) in [5.74, 6) is 0. The van der Waals surface area contributed by atoms with Gasteiger partial charge < -0.3 is 14.8 Å². The monoisotopic (exact) mass is 361 g/mol. The van der Waals surface area contributed by atoms with Crippen molar-refractivity contribution in [1.29, 1.82) is 0 Å². The lowest BCUT2D eigenvalue weighted by molar-refractivity contribution is -0.106. The minimum atomic E-state index is -0.361. The molecule has 136 valence electrons. The number of methoxy groups -OCH3 is 2. The molecule has 0 aliphatic rings. The molecule has 0 heterocycles. The third kappa shape index (κ3) is 4.35. The van der Waals surface area contributed by atoms with Gasteiger partial charge in [0, 0.05) is 30.5 Å². The highest BCUT2D eigenvalue weighted by Gasteiger charge is 2.19. The van der Waals surface area contributed by atoms with Gasteiger partial charge in [0.2, 0.25) is 0 Å². The third-order valence-electron chi connectivity index (χ3n) is 4.72. The van der Waals surface area contributed by atoms with Gasteiger partial charge in [-0.3, -0.25) is 0 Å². The Morgan fingerprint density at radius 3 is 2.24 bits per heavy atom. The van der Waals surface area contributed by atoms with Crippen LogP contribution in [0.15, 0.2) is 30.3 Å². The minimum absolute atomic E-state index is 0.216. The summed E-state index contributed by atoms with van der Waals surface area (Å²) in [6.07, 6.45) is 0.612. The van der Waals surface area contributed by atoms with E-state index in [4.69, 9.17) is 21.1 Å². The number of hydrogen-bond acceptors (Lipinski definition) is 3. The number of benzene rings is 2. The summed E-state index contributed by atoms with van der Waals surface area (Å²) in [4.78, 5) is 0. The first-order chi connectivity index (χ1) is 11.9. The van der Waals surface area contributed by atoms with Crippen LogP contribution in [0.1, 0.15) is 53.5 Å². The van der Waals surface area contributed by atoms with Gasteiger partial charge in [-0.05, 0) is 61.6 Å². The Bertz CT molecular complexity index is 726. The summed E-state index contributed by atoms with van der Waals surface area (Å²) < 4.78 is 11.0. The van der Waals surface area contributed by atoms with Gasteiger partial charge in [0.05, 0.1) is 6.04 Å². The lowest BCUT2D eigenvalue weighted by atomic mass is 9.98. The summed E-state index contributed by atoms with van der Waals surface area (Å²) in [6, 6.07) is 10.7. The van der Waals surface area contributed by atoms with Crippen molar-refractivity contribution in [1.82, 2.24) is 0 Å². The molecule has 0 unspecified atom stereocenters. The normalized spacial score (nSPS) is 12.5. The SMILES string of the molecule is CC[C@@H](Nc1ccc(C)c(C(OC)OC)c1C)c1ccc(Cl)c(C)c1. The van der Waals surface area contributed by atoms with Crippen molar-refractivity contribution in [2.45, 2.75) is 46.4 Å². The van der Waals surface area contributed by atoms with Crippen LogP contribution in [-0.4, -0.2) is 14.2 Å². The molecule has 2 aromatic rings. The van der Waals surface area contributed by atoms with Gasteiger partial charge in [0.15, 0.2) is 6.29 Å². The van der Waals surface area contributed by atoms with E-state index in [9.17, 15) is 0 Å². The van der Waals surface area contributed by atoms with E-state index in [0.717, 1.165) is 39.4 Å². The Morgan fingerprint density at radius 2 is 1.68 bits per heavy atom. The second-order valence-corrected chi connectivity index (χ2v) is 6.79. The largest absolute Gasteiger partial charge is 0.378 e. The van der Waals surface area contributed by atoms with Gasteiger partial charge in [-0.15, -0.1) is 0 Å². The lowest BCUT2D eigenvalue weighted by Crippen LogP contribution is -2.14. The van der Waals surface area contributed by atoms with E-state index in [2.05, 4.69) is 50.4 Å². The molecule has 0 saturated carbocycles. The molecule has 0 aliphatic carbocycles. The second kappa shape index (κ2) is 8.70. The average molecular weight is 362 g/mol. The van der Waals surface area contributed by atoms with Crippen LogP contribution in [0.3, 0.4) is 0 Å². The summed E-state index contributed by atoms with van der Waals surface area (Å²) >= 11 is 6.17. The van der Waals surface area contributed by atoms with Crippen LogP contribution in [0.25, 0.3) is 0 Å². The quantitative estimate of drug-likeness (QED) is 0.602. The summed E-state index contributed by atoms with van der Waals surface area (Å²) in [6.45, 7) is 8.40. The van der Waals surface area contributed by atoms with Crippen molar-refractivity contribution in [3.05, 3.63) is 63.2 Å². The van der Waals surface area contributed by atoms with Crippen LogP contribution < -0.4 is 5.32 Å². The molecule has 0 radical (unpaired) electrons. The molecule has 2 rings (SSSR count). The van der Waals surface area contributed by atoms with E-state index >= 15 is 0 Å². The molecule has 4 heteroatoms. The summed E-state index contributed by atoms with van der Waals surface area (Å²) in [5, 5.41) is 4.48. The van der Waals surface area contributed by atoms with Crippen molar-refractivity contribution in [3.8, 4) is 0 Å². The van der Waals surface area contributed by atoms with Crippen LogP contribution in [-0.2, 0) is 9.47 Å². The maximum atomic E-state index is 6.17. The standard InChI is InChI=1S/C21H28ClNO2/c1-7-18(16-9-10-17(22)14(3)12-16)23-19-11-8-13(2)20(15(19)4)21(24-5)25-6/h8-12,18,21,23H,7H2,1-6H3/t18-/m1/s1. The third-order valence-corrected chi connectivity index (χ3v) is 5.14. The first-order valence-electron chi connectivity index (χ1n) is 8.61. The number of rotatable bonds is 7. The van der Waals surface area contributed by atoms with Gasteiger partial charge >= 0.3 is 0 Å². The Labute approximate surface area is 156 Å². The zero-order valence-electron chi connectivity index (χ0n) is 15.9. The van der Waals surface area contributed by atoms with E-state index in [-0.39, 0.29) is 12.3 Å². The minimum Gasteiger partial charge on any atom is -0.378 e. The topological polar surface area (TPSA) is 30.5 Å². The number of nitrogens with one attached hydrogen (secondary N) is 1. The fourth-order valence-electron chi connectivity index (χ4n) is 3.21. The Hall–Kier alpha value is -1.55. The van der Waals surface area contributed by atoms with Gasteiger partial charge in [0.1, 0.15) is 0 Å². The maximum absolute atomic E-state index is 6.17. The molecule has 1 atom stereocenters. The first kappa shape index (κ1) is 19.8. The van der Waals surface area contributed by atoms with Gasteiger partial charge in [-0.2, -0.15) is 0 Å². The van der Waals surface area contributed by atoms with Crippen molar-refractivity contribution in [2.24, 2.45) is 0 Å². The molecule has 2 aromatic carbocycles. The van der Waals surface area contributed by atoms with E-state index in [1.54, 1.807) is 14.2 Å². The Balaban J connectivity index is 2.37. The number of anilines is 1. The van der Waals surface area contributed by atoms with Crippen molar-refractivity contribution < 1.29 is 9.47 Å². The molecule has 0 saturated heterocycles. The van der Waals surface area contributed by atoms with E-state index < -0.39 is 0 Å². The molecule has 0 aliphatic heterocycles. The zero-order valence-corrected chi connectivity index (χ0v) is 16.7. The Kier molecular flexibility index (Phi) is 6.88. The predicted molar refractivity (Wildman–Crippen MR) is 106 cm³/mol. The van der Waals surface area contributed by atoms with E-state index in [1.165, 1.54) is 5.56 Å². The highest BCUT2D eigenvalue weighted by Crippen LogP contribution is 2.33. The van der Waals surface area contributed by atoms with Crippen LogP contribution in [0.2, 0.25) is 5.02 Å². The molecule has 3 nitrogen and oxygen atoms in total. The molecule has 0 amide bonds. The fourth-order valence-corrected chi connectivity index (χ4v) is 3.33. The van der Waals surface area contributed by atoms with Crippen molar-refractivity contribution in [2.75, 3.05) is 19.5 Å². The molecule has 0 fully saturated rings. The van der Waals surface area contributed by atoms with Crippen LogP contribution in [0.4, 0.5) is 5.69 Å². The lowest BCUT2D eigenvalue weighted by Gasteiger charge is -2.25. The van der Waals surface area contributed by atoms with Crippen LogP contribution in [0, 0.1) is 20.8 Å². The molecule has 25 heavy (non-hydrogen) atoms.